The Bertz CT molecular complexity index is 2680. The summed E-state index contributed by atoms with van der Waals surface area (Å²) in [5.74, 6) is 2.61. The van der Waals surface area contributed by atoms with Crippen molar-refractivity contribution in [3.63, 3.8) is 0 Å². The molecule has 0 radical (unpaired) electrons. The number of aromatic amines is 2. The predicted molar refractivity (Wildman–Crippen MR) is 227 cm³/mol. The van der Waals surface area contributed by atoms with Gasteiger partial charge in [-0.25, -0.2) is 28.9 Å². The molecule has 4 amide bonds. The van der Waals surface area contributed by atoms with Crippen LogP contribution in [-0.4, -0.2) is 92.1 Å². The first-order chi connectivity index (χ1) is 30.1. The van der Waals surface area contributed by atoms with Crippen LogP contribution < -0.4 is 10.6 Å². The summed E-state index contributed by atoms with van der Waals surface area (Å²) in [6.45, 7) is 0.983. The van der Waals surface area contributed by atoms with Gasteiger partial charge in [0.1, 0.15) is 29.5 Å². The van der Waals surface area contributed by atoms with Gasteiger partial charge < -0.3 is 39.9 Å². The summed E-state index contributed by atoms with van der Waals surface area (Å²) in [6, 6.07) is 20.8. The minimum atomic E-state index is -0.941. The van der Waals surface area contributed by atoms with Crippen LogP contribution >= 0.6 is 0 Å². The number of hydrogen-bond acceptors (Lipinski definition) is 9. The number of halogens is 1. The number of aromatic nitrogens is 5. The molecule has 62 heavy (non-hydrogen) atoms. The summed E-state index contributed by atoms with van der Waals surface area (Å²) >= 11 is 0. The molecule has 4 N–H and O–H groups in total. The first kappa shape index (κ1) is 41.2. The molecule has 2 saturated heterocycles. The number of alkyl carbamates (subject to hydrolysis) is 2. The predicted octanol–water partition coefficient (Wildman–Crippen LogP) is 6.99. The number of terminal acetylenes is 1. The van der Waals surface area contributed by atoms with Crippen molar-refractivity contribution in [3.8, 4) is 46.1 Å². The van der Waals surface area contributed by atoms with E-state index in [1.165, 1.54) is 20.3 Å². The summed E-state index contributed by atoms with van der Waals surface area (Å²) in [5, 5.41) is 6.05. The molecule has 3 aromatic heterocycles. The number of carbonyl (C=O) groups excluding carboxylic acids is 4. The maximum absolute atomic E-state index is 15.9. The number of benzene rings is 3. The lowest BCUT2D eigenvalue weighted by atomic mass is 10.0. The first-order valence-electron chi connectivity index (χ1n) is 20.2. The maximum atomic E-state index is 15.9. The fraction of sp³-hybridized carbons (Fsp3) is 0.283. The number of hydrogen-bond donors (Lipinski definition) is 4. The van der Waals surface area contributed by atoms with E-state index in [0.29, 0.717) is 71.2 Å². The highest BCUT2D eigenvalue weighted by Crippen LogP contribution is 2.36. The van der Waals surface area contributed by atoms with Crippen molar-refractivity contribution < 1.29 is 33.0 Å². The molecule has 2 fully saturated rings. The summed E-state index contributed by atoms with van der Waals surface area (Å²) in [7, 11) is 2.48. The second kappa shape index (κ2) is 18.0. The summed E-state index contributed by atoms with van der Waals surface area (Å²) in [6.07, 6.45) is 10.3. The number of nitrogens with one attached hydrogen (secondary N) is 4. The number of methoxy groups -OCH3 is 2. The van der Waals surface area contributed by atoms with E-state index in [1.54, 1.807) is 64.7 Å². The Morgan fingerprint density at radius 1 is 0.806 bits per heavy atom. The normalized spacial score (nSPS) is 17.0. The van der Waals surface area contributed by atoms with E-state index >= 15 is 4.39 Å². The second-order valence-corrected chi connectivity index (χ2v) is 15.1. The number of fused-ring (bicyclic) bond motifs is 1. The van der Waals surface area contributed by atoms with E-state index in [4.69, 9.17) is 16.1 Å². The quantitative estimate of drug-likeness (QED) is 0.0998. The van der Waals surface area contributed by atoms with Gasteiger partial charge in [-0.15, -0.1) is 12.3 Å². The largest absolute Gasteiger partial charge is 0.453 e. The van der Waals surface area contributed by atoms with Crippen molar-refractivity contribution in [1.82, 2.24) is 45.4 Å². The molecular formula is C46H44FN9O6. The molecule has 16 heteroatoms. The molecular weight excluding hydrogens is 794 g/mol. The highest BCUT2D eigenvalue weighted by atomic mass is 19.1. The molecule has 5 heterocycles. The smallest absolute Gasteiger partial charge is 0.407 e. The van der Waals surface area contributed by atoms with Crippen LogP contribution in [-0.2, 0) is 19.1 Å². The van der Waals surface area contributed by atoms with Gasteiger partial charge >= 0.3 is 12.2 Å². The van der Waals surface area contributed by atoms with Gasteiger partial charge in [-0.3, -0.25) is 9.59 Å². The Balaban J connectivity index is 0.960. The topological polar surface area (TPSA) is 188 Å². The highest BCUT2D eigenvalue weighted by Gasteiger charge is 2.38. The second-order valence-electron chi connectivity index (χ2n) is 15.1. The highest BCUT2D eigenvalue weighted by molar-refractivity contribution is 5.89. The van der Waals surface area contributed by atoms with Crippen LogP contribution in [0.25, 0.3) is 44.7 Å². The summed E-state index contributed by atoms with van der Waals surface area (Å²) in [4.78, 5) is 75.5. The number of amides is 4. The lowest BCUT2D eigenvalue weighted by Crippen LogP contribution is -2.48. The Hall–Kier alpha value is -7.54. The Morgan fingerprint density at radius 3 is 2.05 bits per heavy atom. The van der Waals surface area contributed by atoms with Gasteiger partial charge in [-0.05, 0) is 61.6 Å². The molecule has 2 aliphatic heterocycles. The minimum absolute atomic E-state index is 0.0281. The van der Waals surface area contributed by atoms with Crippen molar-refractivity contribution in [2.75, 3.05) is 27.3 Å². The molecule has 6 aromatic rings. The zero-order chi connectivity index (χ0) is 43.3. The molecule has 3 aromatic carbocycles. The van der Waals surface area contributed by atoms with Crippen LogP contribution in [0.2, 0.25) is 0 Å². The van der Waals surface area contributed by atoms with Gasteiger partial charge in [0.2, 0.25) is 5.91 Å². The number of H-pyrrole nitrogens is 2. The Kier molecular flexibility index (Phi) is 11.9. The van der Waals surface area contributed by atoms with Crippen LogP contribution in [0.3, 0.4) is 0 Å². The van der Waals surface area contributed by atoms with Crippen LogP contribution in [0.5, 0.6) is 0 Å². The minimum Gasteiger partial charge on any atom is -0.453 e. The Labute approximate surface area is 356 Å². The maximum Gasteiger partial charge on any atom is 0.407 e. The van der Waals surface area contributed by atoms with Gasteiger partial charge in [-0.2, -0.15) is 0 Å². The number of pyridine rings is 1. The molecule has 8 rings (SSSR count). The monoisotopic (exact) mass is 837 g/mol. The zero-order valence-electron chi connectivity index (χ0n) is 34.1. The third kappa shape index (κ3) is 8.42. The number of nitrogens with zero attached hydrogens (tertiary/aromatic N) is 5. The van der Waals surface area contributed by atoms with E-state index < -0.39 is 30.1 Å². The third-order valence-electron chi connectivity index (χ3n) is 11.4. The van der Waals surface area contributed by atoms with Crippen molar-refractivity contribution >= 4 is 34.9 Å². The van der Waals surface area contributed by atoms with Crippen LogP contribution in [0.1, 0.15) is 67.4 Å². The molecule has 0 bridgehead atoms. The molecule has 0 spiro atoms. The van der Waals surface area contributed by atoms with Gasteiger partial charge in [0.15, 0.2) is 0 Å². The third-order valence-corrected chi connectivity index (χ3v) is 11.4. The number of likely N-dealkylation sites (tertiary alicyclic amines) is 2. The molecule has 0 unspecified atom stereocenters. The molecule has 0 aliphatic carbocycles. The molecule has 2 aliphatic rings. The van der Waals surface area contributed by atoms with Crippen molar-refractivity contribution in [1.29, 1.82) is 0 Å². The number of imidazole rings is 2. The van der Waals surface area contributed by atoms with Crippen molar-refractivity contribution in [2.24, 2.45) is 0 Å². The first-order valence-corrected chi connectivity index (χ1v) is 20.2. The zero-order valence-corrected chi connectivity index (χ0v) is 34.1. The molecule has 0 saturated carbocycles. The van der Waals surface area contributed by atoms with Crippen molar-refractivity contribution in [3.05, 3.63) is 114 Å². The average molecular weight is 838 g/mol. The SMILES string of the molecule is C#CC[C@H](NC(=O)OC)C(=O)N1CCC[C@H]1c1ncc(-c2ccc3nc(-c4ccc(-c5cnc([C@@H]6CCCN6C(=O)[C@H](NC(=O)OC)c6ccccc6)[nH]5)cc4F)ccc3c2)[nH]1. The number of rotatable bonds is 11. The molecule has 4 atom stereocenters. The van der Waals surface area contributed by atoms with Crippen LogP contribution in [0, 0.1) is 18.2 Å². The van der Waals surface area contributed by atoms with Gasteiger partial charge in [0.05, 0.1) is 61.3 Å². The Morgan fingerprint density at radius 2 is 1.42 bits per heavy atom. The van der Waals surface area contributed by atoms with Gasteiger partial charge in [0.25, 0.3) is 5.91 Å². The lowest BCUT2D eigenvalue weighted by molar-refractivity contribution is -0.135. The van der Waals surface area contributed by atoms with Gasteiger partial charge in [-0.1, -0.05) is 48.5 Å². The van der Waals surface area contributed by atoms with Crippen LogP contribution in [0.4, 0.5) is 14.0 Å². The summed E-state index contributed by atoms with van der Waals surface area (Å²) in [5.41, 5.74) is 4.87. The van der Waals surface area contributed by atoms with Crippen LogP contribution in [0.15, 0.2) is 91.3 Å². The van der Waals surface area contributed by atoms with E-state index in [-0.39, 0.29) is 30.3 Å². The average Bonchev–Trinajstić information content (AvgIpc) is 4.15. The van der Waals surface area contributed by atoms with E-state index in [0.717, 1.165) is 29.5 Å². The van der Waals surface area contributed by atoms with E-state index in [1.807, 2.05) is 30.3 Å². The fourth-order valence-electron chi connectivity index (χ4n) is 8.26. The summed E-state index contributed by atoms with van der Waals surface area (Å²) < 4.78 is 25.4. The van der Waals surface area contributed by atoms with E-state index in [2.05, 4.69) is 41.2 Å². The molecule has 15 nitrogen and oxygen atoms in total. The number of carbonyl (C=O) groups is 4. The van der Waals surface area contributed by atoms with E-state index in [9.17, 15) is 19.2 Å². The molecule has 316 valence electrons. The fourth-order valence-corrected chi connectivity index (χ4v) is 8.26. The van der Waals surface area contributed by atoms with Crippen molar-refractivity contribution in [2.45, 2.75) is 56.3 Å². The lowest BCUT2D eigenvalue weighted by Gasteiger charge is -2.28. The van der Waals surface area contributed by atoms with Gasteiger partial charge in [0, 0.05) is 41.6 Å². The number of ether oxygens (including phenoxy) is 2. The standard InChI is InChI=1S/C46H44FN9O6/c1-4-10-35(53-45(59)61-2)43(57)55-21-8-13-38(55)41-48-25-36(51-41)29-16-19-33-28(23-29)17-20-34(50-33)31-18-15-30(24-32(31)47)37-26-49-42(52-37)39-14-9-22-56(39)44(58)40(54-46(60)62-3)27-11-6-5-7-12-27/h1,5-7,11-12,15-20,23-26,35,38-40H,8-10,13-14,21-22H2,2-3H3,(H,48,51)(H,49,52)(H,53,59)(H,54,60)/t35-,38-,39-,40+/m0/s1.